The Morgan fingerprint density at radius 2 is 2.00 bits per heavy atom. The fourth-order valence-electron chi connectivity index (χ4n) is 2.35. The lowest BCUT2D eigenvalue weighted by atomic mass is 10.1. The van der Waals surface area contributed by atoms with Gasteiger partial charge in [-0.1, -0.05) is 18.2 Å². The number of aliphatic carboxylic acids is 1. The molecule has 0 radical (unpaired) electrons. The highest BCUT2D eigenvalue weighted by Crippen LogP contribution is 2.28. The molecule has 0 bridgehead atoms. The van der Waals surface area contributed by atoms with Gasteiger partial charge in [-0.05, 0) is 30.9 Å². The van der Waals surface area contributed by atoms with Crippen molar-refractivity contribution < 1.29 is 14.7 Å². The molecule has 1 aliphatic carbocycles. The van der Waals surface area contributed by atoms with Crippen molar-refractivity contribution in [2.75, 3.05) is 11.6 Å². The zero-order chi connectivity index (χ0) is 14.8. The van der Waals surface area contributed by atoms with Crippen LogP contribution in [0.25, 0.3) is 0 Å². The highest BCUT2D eigenvalue weighted by Gasteiger charge is 2.36. The van der Waals surface area contributed by atoms with Crippen LogP contribution in [0.3, 0.4) is 0 Å². The number of carbonyl (C=O) groups excluding carboxylic acids is 1. The van der Waals surface area contributed by atoms with Gasteiger partial charge in [-0.25, -0.2) is 4.79 Å². The molecule has 0 saturated heterocycles. The molecule has 0 spiro atoms. The Hall–Kier alpha value is -2.37. The van der Waals surface area contributed by atoms with Crippen molar-refractivity contribution in [3.05, 3.63) is 30.3 Å². The van der Waals surface area contributed by atoms with Gasteiger partial charge in [0.2, 0.25) is 5.91 Å². The van der Waals surface area contributed by atoms with Gasteiger partial charge in [0, 0.05) is 13.0 Å². The SMILES string of the molecule is O=C(O)C1=NN(c2ccccc2)C(C(=O)NCC2CC2)C1. The van der Waals surface area contributed by atoms with E-state index in [1.807, 2.05) is 30.3 Å². The molecule has 0 aromatic heterocycles. The van der Waals surface area contributed by atoms with E-state index in [4.69, 9.17) is 5.11 Å². The van der Waals surface area contributed by atoms with E-state index in [1.54, 1.807) is 0 Å². The summed E-state index contributed by atoms with van der Waals surface area (Å²) in [5.41, 5.74) is 0.741. The second-order valence-electron chi connectivity index (χ2n) is 5.44. The second-order valence-corrected chi connectivity index (χ2v) is 5.44. The fourth-order valence-corrected chi connectivity index (χ4v) is 2.35. The maximum atomic E-state index is 12.3. The molecule has 1 atom stereocenters. The Bertz CT molecular complexity index is 581. The lowest BCUT2D eigenvalue weighted by Crippen LogP contribution is -2.43. The Morgan fingerprint density at radius 1 is 1.29 bits per heavy atom. The third-order valence-electron chi connectivity index (χ3n) is 3.74. The molecule has 1 saturated carbocycles. The maximum Gasteiger partial charge on any atom is 0.352 e. The molecule has 1 heterocycles. The van der Waals surface area contributed by atoms with Gasteiger partial charge in [-0.3, -0.25) is 9.80 Å². The molecular weight excluding hydrogens is 270 g/mol. The summed E-state index contributed by atoms with van der Waals surface area (Å²) < 4.78 is 0. The van der Waals surface area contributed by atoms with Crippen molar-refractivity contribution in [3.8, 4) is 0 Å². The zero-order valence-electron chi connectivity index (χ0n) is 11.5. The third-order valence-corrected chi connectivity index (χ3v) is 3.74. The summed E-state index contributed by atoms with van der Waals surface area (Å²) in [6.07, 6.45) is 2.44. The summed E-state index contributed by atoms with van der Waals surface area (Å²) in [4.78, 5) is 23.4. The van der Waals surface area contributed by atoms with Crippen LogP contribution in [0.15, 0.2) is 35.4 Å². The number of hydrogen-bond acceptors (Lipinski definition) is 4. The van der Waals surface area contributed by atoms with E-state index in [9.17, 15) is 9.59 Å². The Labute approximate surface area is 122 Å². The van der Waals surface area contributed by atoms with Crippen molar-refractivity contribution in [1.29, 1.82) is 0 Å². The molecule has 6 heteroatoms. The largest absolute Gasteiger partial charge is 0.477 e. The van der Waals surface area contributed by atoms with Crippen LogP contribution >= 0.6 is 0 Å². The van der Waals surface area contributed by atoms with Crippen LogP contribution in [0.5, 0.6) is 0 Å². The molecule has 2 aliphatic rings. The summed E-state index contributed by atoms with van der Waals surface area (Å²) in [6, 6.07) is 8.58. The van der Waals surface area contributed by atoms with Crippen LogP contribution in [-0.4, -0.2) is 35.3 Å². The Morgan fingerprint density at radius 3 is 2.62 bits per heavy atom. The third kappa shape index (κ3) is 3.04. The first-order valence-electron chi connectivity index (χ1n) is 7.08. The molecule has 1 aromatic carbocycles. The van der Waals surface area contributed by atoms with Crippen LogP contribution in [0.4, 0.5) is 5.69 Å². The minimum Gasteiger partial charge on any atom is -0.477 e. The second kappa shape index (κ2) is 5.55. The number of carboxylic acids is 1. The monoisotopic (exact) mass is 287 g/mol. The van der Waals surface area contributed by atoms with Gasteiger partial charge < -0.3 is 10.4 Å². The average molecular weight is 287 g/mol. The minimum atomic E-state index is -1.08. The number of carboxylic acid groups (broad SMARTS) is 1. The first-order valence-corrected chi connectivity index (χ1v) is 7.08. The van der Waals surface area contributed by atoms with E-state index in [2.05, 4.69) is 10.4 Å². The van der Waals surface area contributed by atoms with Gasteiger partial charge in [-0.2, -0.15) is 5.10 Å². The molecule has 1 amide bonds. The molecule has 2 N–H and O–H groups in total. The quantitative estimate of drug-likeness (QED) is 0.853. The van der Waals surface area contributed by atoms with E-state index in [0.29, 0.717) is 12.5 Å². The number of benzene rings is 1. The normalized spacial score (nSPS) is 21.0. The number of anilines is 1. The number of nitrogens with one attached hydrogen (secondary N) is 1. The molecule has 110 valence electrons. The summed E-state index contributed by atoms with van der Waals surface area (Å²) >= 11 is 0. The standard InChI is InChI=1S/C15H17N3O3/c19-14(16-9-10-6-7-10)13-8-12(15(20)21)17-18(13)11-4-2-1-3-5-11/h1-5,10,13H,6-9H2,(H,16,19)(H,20,21). The zero-order valence-corrected chi connectivity index (χ0v) is 11.5. The average Bonchev–Trinajstić information content (AvgIpc) is 3.21. The van der Waals surface area contributed by atoms with Gasteiger partial charge in [0.1, 0.15) is 11.8 Å². The highest BCUT2D eigenvalue weighted by molar-refractivity contribution is 6.37. The Kier molecular flexibility index (Phi) is 3.60. The van der Waals surface area contributed by atoms with E-state index >= 15 is 0 Å². The van der Waals surface area contributed by atoms with E-state index in [0.717, 1.165) is 18.5 Å². The number of nitrogens with zero attached hydrogens (tertiary/aromatic N) is 2. The van der Waals surface area contributed by atoms with E-state index < -0.39 is 12.0 Å². The molecule has 6 nitrogen and oxygen atoms in total. The summed E-state index contributed by atoms with van der Waals surface area (Å²) in [5, 5.41) is 17.6. The topological polar surface area (TPSA) is 82.0 Å². The lowest BCUT2D eigenvalue weighted by molar-refractivity contribution is -0.129. The van der Waals surface area contributed by atoms with E-state index in [-0.39, 0.29) is 18.0 Å². The maximum absolute atomic E-state index is 12.3. The predicted octanol–water partition coefficient (Wildman–Crippen LogP) is 1.23. The smallest absolute Gasteiger partial charge is 0.352 e. The van der Waals surface area contributed by atoms with Crippen LogP contribution in [0.2, 0.25) is 0 Å². The van der Waals surface area contributed by atoms with Gasteiger partial charge in [0.25, 0.3) is 0 Å². The number of para-hydroxylation sites is 1. The molecule has 3 rings (SSSR count). The first kappa shape index (κ1) is 13.6. The number of hydrazone groups is 1. The van der Waals surface area contributed by atoms with Crippen LogP contribution < -0.4 is 10.3 Å². The van der Waals surface area contributed by atoms with Gasteiger partial charge >= 0.3 is 5.97 Å². The molecular formula is C15H17N3O3. The Balaban J connectivity index is 1.77. The van der Waals surface area contributed by atoms with Crippen molar-refractivity contribution in [1.82, 2.24) is 5.32 Å². The van der Waals surface area contributed by atoms with Crippen molar-refractivity contribution in [3.63, 3.8) is 0 Å². The van der Waals surface area contributed by atoms with Crippen LogP contribution in [0, 0.1) is 5.92 Å². The molecule has 1 fully saturated rings. The van der Waals surface area contributed by atoms with Crippen LogP contribution in [-0.2, 0) is 9.59 Å². The van der Waals surface area contributed by atoms with Gasteiger partial charge in [0.05, 0.1) is 5.69 Å². The highest BCUT2D eigenvalue weighted by atomic mass is 16.4. The number of carbonyl (C=O) groups is 2. The predicted molar refractivity (Wildman–Crippen MR) is 78.1 cm³/mol. The molecule has 1 aliphatic heterocycles. The number of rotatable bonds is 5. The van der Waals surface area contributed by atoms with Crippen molar-refractivity contribution in [2.45, 2.75) is 25.3 Å². The van der Waals surface area contributed by atoms with E-state index in [1.165, 1.54) is 5.01 Å². The lowest BCUT2D eigenvalue weighted by Gasteiger charge is -2.22. The summed E-state index contributed by atoms with van der Waals surface area (Å²) in [5.74, 6) is -0.653. The van der Waals surface area contributed by atoms with Gasteiger partial charge in [-0.15, -0.1) is 0 Å². The van der Waals surface area contributed by atoms with Crippen molar-refractivity contribution in [2.24, 2.45) is 11.0 Å². The summed E-state index contributed by atoms with van der Waals surface area (Å²) in [7, 11) is 0. The molecule has 21 heavy (non-hydrogen) atoms. The number of hydrogen-bond donors (Lipinski definition) is 2. The van der Waals surface area contributed by atoms with Crippen LogP contribution in [0.1, 0.15) is 19.3 Å². The molecule has 1 unspecified atom stereocenters. The number of amides is 1. The first-order chi connectivity index (χ1) is 10.1. The van der Waals surface area contributed by atoms with Gasteiger partial charge in [0.15, 0.2) is 0 Å². The minimum absolute atomic E-state index is 0.0189. The summed E-state index contributed by atoms with van der Waals surface area (Å²) in [6.45, 7) is 0.667. The van der Waals surface area contributed by atoms with Crippen molar-refractivity contribution >= 4 is 23.3 Å². The fraction of sp³-hybridized carbons (Fsp3) is 0.400. The molecule has 1 aromatic rings.